The minimum atomic E-state index is -0.620. The normalized spacial score (nSPS) is 21.7. The predicted molar refractivity (Wildman–Crippen MR) is 149 cm³/mol. The zero-order valence-electron chi connectivity index (χ0n) is 22.1. The van der Waals surface area contributed by atoms with Crippen molar-refractivity contribution in [2.45, 2.75) is 44.8 Å². The summed E-state index contributed by atoms with van der Waals surface area (Å²) in [5, 5.41) is 15.0. The van der Waals surface area contributed by atoms with Crippen molar-refractivity contribution in [1.29, 1.82) is 5.41 Å². The lowest BCUT2D eigenvalue weighted by molar-refractivity contribution is -0.139. The van der Waals surface area contributed by atoms with Crippen LogP contribution in [0.4, 0.5) is 4.39 Å². The Morgan fingerprint density at radius 3 is 2.40 bits per heavy atom. The first-order valence-corrected chi connectivity index (χ1v) is 13.8. The third kappa shape index (κ3) is 5.69. The van der Waals surface area contributed by atoms with E-state index >= 15 is 0 Å². The number of halogens is 1. The summed E-state index contributed by atoms with van der Waals surface area (Å²) in [6.45, 7) is 3.69. The van der Waals surface area contributed by atoms with Gasteiger partial charge in [0.25, 0.3) is 5.91 Å². The molecule has 208 valence electrons. The standard InChI is InChI=1S/C29H30FN5O4S/c1-16(23-11-18(15-40-23)26(31)32)34-28(38)22-12-29(2)13-24(29)35(22)25(36)14-33-27(37)17-3-7-20(8-4-17)39-21-9-5-19(30)6-10-21/h3-11,15-16,22,24H,12-14H2,1-2H3,(H3,31,32)(H,33,37)(H,34,38)/t16?,22-,24-,29+/m0/s1. The van der Waals surface area contributed by atoms with Crippen LogP contribution in [-0.2, 0) is 9.59 Å². The monoisotopic (exact) mass is 563 g/mol. The molecule has 2 heterocycles. The molecule has 2 fully saturated rings. The molecule has 2 aromatic carbocycles. The lowest BCUT2D eigenvalue weighted by Crippen LogP contribution is -2.51. The Labute approximate surface area is 235 Å². The summed E-state index contributed by atoms with van der Waals surface area (Å²) in [5.74, 6) is -0.420. The zero-order chi connectivity index (χ0) is 28.6. The topological polar surface area (TPSA) is 138 Å². The van der Waals surface area contributed by atoms with E-state index in [1.165, 1.54) is 35.6 Å². The van der Waals surface area contributed by atoms with E-state index in [1.807, 2.05) is 6.92 Å². The maximum absolute atomic E-state index is 13.2. The molecule has 40 heavy (non-hydrogen) atoms. The molecule has 4 atom stereocenters. The van der Waals surface area contributed by atoms with E-state index in [0.717, 1.165) is 11.3 Å². The number of carbonyl (C=O) groups is 3. The molecule has 1 aliphatic carbocycles. The smallest absolute Gasteiger partial charge is 0.251 e. The molecule has 3 aromatic rings. The van der Waals surface area contributed by atoms with Gasteiger partial charge in [-0.15, -0.1) is 11.3 Å². The first-order chi connectivity index (χ1) is 19.0. The van der Waals surface area contributed by atoms with E-state index in [1.54, 1.807) is 40.6 Å². The Morgan fingerprint density at radius 1 is 1.12 bits per heavy atom. The van der Waals surface area contributed by atoms with Crippen molar-refractivity contribution in [1.82, 2.24) is 15.5 Å². The number of ether oxygens (including phenoxy) is 1. The first-order valence-electron chi connectivity index (χ1n) is 12.9. The summed E-state index contributed by atoms with van der Waals surface area (Å²) < 4.78 is 18.7. The Bertz CT molecular complexity index is 1460. The molecule has 5 rings (SSSR count). The predicted octanol–water partition coefficient (Wildman–Crippen LogP) is 3.95. The van der Waals surface area contributed by atoms with E-state index in [0.29, 0.717) is 29.0 Å². The van der Waals surface area contributed by atoms with Crippen molar-refractivity contribution >= 4 is 34.9 Å². The van der Waals surface area contributed by atoms with Gasteiger partial charge in [-0.25, -0.2) is 4.39 Å². The van der Waals surface area contributed by atoms with Gasteiger partial charge in [0, 0.05) is 27.4 Å². The van der Waals surface area contributed by atoms with Crippen LogP contribution in [0.25, 0.3) is 0 Å². The number of nitrogen functional groups attached to an aromatic ring is 1. The molecular formula is C29H30FN5O4S. The Hall–Kier alpha value is -4.25. The summed E-state index contributed by atoms with van der Waals surface area (Å²) in [6.07, 6.45) is 1.39. The van der Waals surface area contributed by atoms with E-state index in [9.17, 15) is 18.8 Å². The quantitative estimate of drug-likeness (QED) is 0.231. The molecule has 5 N–H and O–H groups in total. The molecule has 1 aliphatic heterocycles. The van der Waals surface area contributed by atoms with Crippen molar-refractivity contribution in [2.24, 2.45) is 11.1 Å². The minimum absolute atomic E-state index is 0.0297. The molecule has 2 aliphatic rings. The molecule has 3 amide bonds. The second kappa shape index (κ2) is 10.7. The highest BCUT2D eigenvalue weighted by Gasteiger charge is 2.64. The second-order valence-corrected chi connectivity index (χ2v) is 11.5. The number of likely N-dealkylation sites (tertiary alicyclic amines) is 1. The van der Waals surface area contributed by atoms with E-state index in [4.69, 9.17) is 15.9 Å². The molecule has 0 radical (unpaired) electrons. The average Bonchev–Trinajstić information content (AvgIpc) is 3.26. The van der Waals surface area contributed by atoms with Crippen molar-refractivity contribution in [3.63, 3.8) is 0 Å². The maximum Gasteiger partial charge on any atom is 0.251 e. The summed E-state index contributed by atoms with van der Waals surface area (Å²) in [6, 6.07) is 12.8. The number of fused-ring (bicyclic) bond motifs is 1. The van der Waals surface area contributed by atoms with E-state index in [2.05, 4.69) is 17.6 Å². The maximum atomic E-state index is 13.2. The number of piperidine rings is 1. The summed E-state index contributed by atoms with van der Waals surface area (Å²) in [4.78, 5) is 41.7. The van der Waals surface area contributed by atoms with Gasteiger partial charge in [-0.2, -0.15) is 0 Å². The number of amidine groups is 1. The van der Waals surface area contributed by atoms with E-state index in [-0.39, 0.29) is 47.5 Å². The molecule has 9 nitrogen and oxygen atoms in total. The molecule has 0 spiro atoms. The highest BCUT2D eigenvalue weighted by Crippen LogP contribution is 2.59. The lowest BCUT2D eigenvalue weighted by Gasteiger charge is -2.28. The number of nitrogens with two attached hydrogens (primary N) is 1. The van der Waals surface area contributed by atoms with Gasteiger partial charge < -0.3 is 26.0 Å². The molecule has 11 heteroatoms. The Morgan fingerprint density at radius 2 is 1.77 bits per heavy atom. The Balaban J connectivity index is 1.17. The Kier molecular flexibility index (Phi) is 7.33. The van der Waals surface area contributed by atoms with Crippen LogP contribution >= 0.6 is 11.3 Å². The average molecular weight is 564 g/mol. The lowest BCUT2D eigenvalue weighted by atomic mass is 10.0. The van der Waals surface area contributed by atoms with Crippen molar-refractivity contribution < 1.29 is 23.5 Å². The summed E-state index contributed by atoms with van der Waals surface area (Å²) >= 11 is 1.41. The van der Waals surface area contributed by atoms with Crippen molar-refractivity contribution in [3.05, 3.63) is 81.8 Å². The van der Waals surface area contributed by atoms with Gasteiger partial charge in [0.2, 0.25) is 11.8 Å². The number of benzene rings is 2. The van der Waals surface area contributed by atoms with Crippen LogP contribution in [0, 0.1) is 16.6 Å². The third-order valence-electron chi connectivity index (χ3n) is 7.51. The zero-order valence-corrected chi connectivity index (χ0v) is 22.9. The van der Waals surface area contributed by atoms with Gasteiger partial charge in [0.1, 0.15) is 29.2 Å². The molecular weight excluding hydrogens is 533 g/mol. The van der Waals surface area contributed by atoms with Crippen LogP contribution in [0.2, 0.25) is 0 Å². The van der Waals surface area contributed by atoms with Gasteiger partial charge in [0.05, 0.1) is 12.6 Å². The number of amides is 3. The third-order valence-corrected chi connectivity index (χ3v) is 8.62. The highest BCUT2D eigenvalue weighted by molar-refractivity contribution is 7.10. The fraction of sp³-hybridized carbons (Fsp3) is 0.310. The molecule has 1 saturated carbocycles. The van der Waals surface area contributed by atoms with Crippen LogP contribution in [-0.4, -0.2) is 47.1 Å². The molecule has 1 unspecified atom stereocenters. The van der Waals surface area contributed by atoms with Crippen LogP contribution in [0.5, 0.6) is 11.5 Å². The van der Waals surface area contributed by atoms with E-state index < -0.39 is 11.9 Å². The fourth-order valence-corrected chi connectivity index (χ4v) is 6.04. The number of hydrogen-bond donors (Lipinski definition) is 4. The number of thiophene rings is 1. The second-order valence-electron chi connectivity index (χ2n) is 10.5. The van der Waals surface area contributed by atoms with Gasteiger partial charge in [0.15, 0.2) is 0 Å². The summed E-state index contributed by atoms with van der Waals surface area (Å²) in [7, 11) is 0. The number of nitrogens with zero attached hydrogens (tertiary/aromatic N) is 1. The highest BCUT2D eigenvalue weighted by atomic mass is 32.1. The fourth-order valence-electron chi connectivity index (χ4n) is 5.12. The SMILES string of the molecule is CC(NC(=O)[C@@H]1C[C@]2(C)C[C@@H]2N1C(=O)CNC(=O)c1ccc(Oc2ccc(F)cc2)cc1)c1cc(C(=N)N)cs1. The molecule has 1 saturated heterocycles. The molecule has 1 aromatic heterocycles. The summed E-state index contributed by atoms with van der Waals surface area (Å²) in [5.41, 5.74) is 6.41. The van der Waals surface area contributed by atoms with Crippen LogP contribution < -0.4 is 21.1 Å². The molecule has 0 bridgehead atoms. The van der Waals surface area contributed by atoms with Crippen LogP contribution in [0.1, 0.15) is 53.5 Å². The van der Waals surface area contributed by atoms with Gasteiger partial charge >= 0.3 is 0 Å². The number of carbonyl (C=O) groups excluding carboxylic acids is 3. The largest absolute Gasteiger partial charge is 0.457 e. The van der Waals surface area contributed by atoms with Gasteiger partial charge in [-0.05, 0) is 79.8 Å². The van der Waals surface area contributed by atoms with Gasteiger partial charge in [-0.3, -0.25) is 19.8 Å². The van der Waals surface area contributed by atoms with Gasteiger partial charge in [-0.1, -0.05) is 6.92 Å². The van der Waals surface area contributed by atoms with Crippen molar-refractivity contribution in [3.8, 4) is 11.5 Å². The number of rotatable bonds is 9. The number of hydrogen-bond acceptors (Lipinski definition) is 6. The van der Waals surface area contributed by atoms with Crippen LogP contribution in [0.3, 0.4) is 0 Å². The first kappa shape index (κ1) is 27.3. The minimum Gasteiger partial charge on any atom is -0.457 e. The number of nitrogens with one attached hydrogen (secondary N) is 3. The van der Waals surface area contributed by atoms with Crippen molar-refractivity contribution in [2.75, 3.05) is 6.54 Å². The van der Waals surface area contributed by atoms with Crippen LogP contribution in [0.15, 0.2) is 60.0 Å².